The van der Waals surface area contributed by atoms with Crippen LogP contribution in [0, 0.1) is 11.2 Å². The van der Waals surface area contributed by atoms with Crippen molar-refractivity contribution in [2.45, 2.75) is 24.7 Å². The summed E-state index contributed by atoms with van der Waals surface area (Å²) < 4.78 is 36.1. The second kappa shape index (κ2) is 4.98. The van der Waals surface area contributed by atoms with Crippen molar-refractivity contribution in [3.05, 3.63) is 28.5 Å². The Bertz CT molecular complexity index is 672. The average molecular weight is 321 g/mol. The number of sulfonamides is 1. The molecule has 2 rings (SSSR count). The summed E-state index contributed by atoms with van der Waals surface area (Å²) in [6.07, 6.45) is 2.01. The van der Waals surface area contributed by atoms with Gasteiger partial charge in [0.15, 0.2) is 0 Å². The van der Waals surface area contributed by atoms with E-state index in [2.05, 4.69) is 5.32 Å². The van der Waals surface area contributed by atoms with Crippen molar-refractivity contribution >= 4 is 27.5 Å². The largest absolute Gasteiger partial charge is 0.351 e. The number of carbonyl (C=O) groups excluding carboxylic acids is 1. The monoisotopic (exact) mass is 320 g/mol. The van der Waals surface area contributed by atoms with Crippen LogP contribution >= 0.6 is 11.6 Å². The predicted octanol–water partition coefficient (Wildman–Crippen LogP) is 1.66. The van der Waals surface area contributed by atoms with Crippen molar-refractivity contribution in [1.29, 1.82) is 0 Å². The van der Waals surface area contributed by atoms with Gasteiger partial charge in [0.1, 0.15) is 5.82 Å². The summed E-state index contributed by atoms with van der Waals surface area (Å²) in [5.74, 6) is -1.62. The second-order valence-electron chi connectivity index (χ2n) is 5.30. The Balaban J connectivity index is 2.30. The Labute approximate surface area is 121 Å². The van der Waals surface area contributed by atoms with Crippen molar-refractivity contribution in [1.82, 2.24) is 5.32 Å². The maximum absolute atomic E-state index is 13.6. The molecule has 1 amide bonds. The van der Waals surface area contributed by atoms with E-state index in [1.807, 2.05) is 6.92 Å². The van der Waals surface area contributed by atoms with Gasteiger partial charge in [-0.1, -0.05) is 18.5 Å². The maximum Gasteiger partial charge on any atom is 0.252 e. The molecule has 1 aromatic rings. The zero-order chi connectivity index (χ0) is 15.1. The van der Waals surface area contributed by atoms with E-state index < -0.39 is 31.7 Å². The summed E-state index contributed by atoms with van der Waals surface area (Å²) in [6.45, 7) is 2.44. The molecular weight excluding hydrogens is 307 g/mol. The molecule has 0 spiro atoms. The van der Waals surface area contributed by atoms with E-state index in [1.165, 1.54) is 0 Å². The molecule has 0 aromatic heterocycles. The molecule has 0 saturated heterocycles. The summed E-state index contributed by atoms with van der Waals surface area (Å²) >= 11 is 5.70. The highest BCUT2D eigenvalue weighted by atomic mass is 35.5. The number of nitrogens with one attached hydrogen (secondary N) is 1. The average Bonchev–Trinajstić information content (AvgIpc) is 3.07. The third-order valence-corrected chi connectivity index (χ3v) is 4.63. The molecule has 0 radical (unpaired) electrons. The number of benzene rings is 1. The van der Waals surface area contributed by atoms with Crippen molar-refractivity contribution in [3.8, 4) is 0 Å². The molecule has 8 heteroatoms. The predicted molar refractivity (Wildman–Crippen MR) is 72.5 cm³/mol. The molecule has 0 heterocycles. The highest BCUT2D eigenvalue weighted by Crippen LogP contribution is 2.44. The van der Waals surface area contributed by atoms with Gasteiger partial charge in [0.25, 0.3) is 5.91 Å². The Morgan fingerprint density at radius 3 is 2.60 bits per heavy atom. The highest BCUT2D eigenvalue weighted by Gasteiger charge is 2.37. The van der Waals surface area contributed by atoms with Crippen LogP contribution in [0.15, 0.2) is 17.0 Å². The van der Waals surface area contributed by atoms with E-state index in [4.69, 9.17) is 16.7 Å². The first-order valence-corrected chi connectivity index (χ1v) is 7.85. The molecule has 1 aliphatic carbocycles. The SMILES string of the molecule is CC1(CNC(=O)c2cc(S(N)(=O)=O)cc(F)c2Cl)CC1. The minimum Gasteiger partial charge on any atom is -0.351 e. The van der Waals surface area contributed by atoms with Crippen LogP contribution in [0.4, 0.5) is 4.39 Å². The molecule has 1 aromatic carbocycles. The number of hydrogen-bond acceptors (Lipinski definition) is 3. The van der Waals surface area contributed by atoms with Gasteiger partial charge in [0, 0.05) is 6.54 Å². The number of carbonyl (C=O) groups is 1. The molecule has 1 saturated carbocycles. The third-order valence-electron chi connectivity index (χ3n) is 3.35. The Morgan fingerprint density at radius 2 is 2.10 bits per heavy atom. The lowest BCUT2D eigenvalue weighted by molar-refractivity contribution is 0.0945. The van der Waals surface area contributed by atoms with Crippen LogP contribution in [0.3, 0.4) is 0 Å². The van der Waals surface area contributed by atoms with E-state index in [1.54, 1.807) is 0 Å². The lowest BCUT2D eigenvalue weighted by Crippen LogP contribution is -2.29. The Kier molecular flexibility index (Phi) is 3.79. The number of amides is 1. The van der Waals surface area contributed by atoms with Crippen molar-refractivity contribution in [3.63, 3.8) is 0 Å². The highest BCUT2D eigenvalue weighted by molar-refractivity contribution is 7.89. The molecule has 0 bridgehead atoms. The van der Waals surface area contributed by atoms with E-state index in [0.717, 1.165) is 18.9 Å². The fraction of sp³-hybridized carbons (Fsp3) is 0.417. The van der Waals surface area contributed by atoms with Crippen molar-refractivity contribution in [2.24, 2.45) is 10.6 Å². The van der Waals surface area contributed by atoms with Gasteiger partial charge in [-0.15, -0.1) is 0 Å². The number of rotatable bonds is 4. The van der Waals surface area contributed by atoms with Crippen LogP contribution in [0.25, 0.3) is 0 Å². The van der Waals surface area contributed by atoms with Crippen molar-refractivity contribution in [2.75, 3.05) is 6.54 Å². The standard InChI is InChI=1S/C12H14ClFN2O3S/c1-12(2-3-12)6-16-11(17)8-4-7(20(15,18)19)5-9(14)10(8)13/h4-5H,2-3,6H2,1H3,(H,16,17)(H2,15,18,19). The van der Waals surface area contributed by atoms with Gasteiger partial charge in [-0.05, 0) is 30.4 Å². The smallest absolute Gasteiger partial charge is 0.252 e. The fourth-order valence-electron chi connectivity index (χ4n) is 1.67. The minimum absolute atomic E-state index is 0.0677. The van der Waals surface area contributed by atoms with Crippen LogP contribution in [0.5, 0.6) is 0 Å². The normalized spacial score (nSPS) is 16.8. The van der Waals surface area contributed by atoms with Gasteiger partial charge < -0.3 is 5.32 Å². The topological polar surface area (TPSA) is 89.3 Å². The third kappa shape index (κ3) is 3.28. The van der Waals surface area contributed by atoms with E-state index >= 15 is 0 Å². The van der Waals surface area contributed by atoms with Gasteiger partial charge >= 0.3 is 0 Å². The van der Waals surface area contributed by atoms with E-state index in [-0.39, 0.29) is 11.0 Å². The minimum atomic E-state index is -4.11. The van der Waals surface area contributed by atoms with Crippen LogP contribution < -0.4 is 10.5 Å². The summed E-state index contributed by atoms with van der Waals surface area (Å²) in [6, 6.07) is 1.67. The Morgan fingerprint density at radius 1 is 1.50 bits per heavy atom. The fourth-order valence-corrected chi connectivity index (χ4v) is 2.42. The molecule has 1 aliphatic rings. The first-order valence-electron chi connectivity index (χ1n) is 5.92. The first-order chi connectivity index (χ1) is 9.12. The number of nitrogens with two attached hydrogens (primary N) is 1. The van der Waals surface area contributed by atoms with E-state index in [0.29, 0.717) is 12.6 Å². The van der Waals surface area contributed by atoms with Crippen LogP contribution in [0.1, 0.15) is 30.1 Å². The maximum atomic E-state index is 13.6. The zero-order valence-electron chi connectivity index (χ0n) is 10.7. The van der Waals surface area contributed by atoms with Crippen molar-refractivity contribution < 1.29 is 17.6 Å². The van der Waals surface area contributed by atoms with Crippen LogP contribution in [0.2, 0.25) is 5.02 Å². The lowest BCUT2D eigenvalue weighted by Gasteiger charge is -2.12. The molecule has 3 N–H and O–H groups in total. The lowest BCUT2D eigenvalue weighted by atomic mass is 10.1. The molecule has 0 aliphatic heterocycles. The van der Waals surface area contributed by atoms with Crippen LogP contribution in [-0.2, 0) is 10.0 Å². The summed E-state index contributed by atoms with van der Waals surface area (Å²) in [4.78, 5) is 11.5. The molecule has 110 valence electrons. The van der Waals surface area contributed by atoms with Gasteiger partial charge in [0.05, 0.1) is 15.5 Å². The summed E-state index contributed by atoms with van der Waals surface area (Å²) in [5, 5.41) is 7.13. The van der Waals surface area contributed by atoms with E-state index in [9.17, 15) is 17.6 Å². The van der Waals surface area contributed by atoms with Gasteiger partial charge in [-0.3, -0.25) is 4.79 Å². The van der Waals surface area contributed by atoms with Gasteiger partial charge in [-0.2, -0.15) is 0 Å². The molecule has 0 atom stereocenters. The number of halogens is 2. The number of hydrogen-bond donors (Lipinski definition) is 2. The summed E-state index contributed by atoms with van der Waals surface area (Å²) in [7, 11) is -4.11. The van der Waals surface area contributed by atoms with Gasteiger partial charge in [-0.25, -0.2) is 17.9 Å². The molecule has 5 nitrogen and oxygen atoms in total. The molecule has 0 unspecified atom stereocenters. The first kappa shape index (κ1) is 15.2. The summed E-state index contributed by atoms with van der Waals surface area (Å²) in [5.41, 5.74) is -0.168. The second-order valence-corrected chi connectivity index (χ2v) is 7.24. The molecule has 1 fully saturated rings. The van der Waals surface area contributed by atoms with Gasteiger partial charge in [0.2, 0.25) is 10.0 Å². The molecule has 20 heavy (non-hydrogen) atoms. The molecular formula is C12H14ClFN2O3S. The zero-order valence-corrected chi connectivity index (χ0v) is 12.3. The number of primary sulfonamides is 1. The quantitative estimate of drug-likeness (QED) is 0.884. The van der Waals surface area contributed by atoms with Crippen LogP contribution in [-0.4, -0.2) is 20.9 Å². The Hall–Kier alpha value is -1.18.